The quantitative estimate of drug-likeness (QED) is 0.706. The highest BCUT2D eigenvalue weighted by molar-refractivity contribution is 7.80. The summed E-state index contributed by atoms with van der Waals surface area (Å²) in [6.07, 6.45) is 1.72. The van der Waals surface area contributed by atoms with Crippen LogP contribution in [-0.2, 0) is 6.54 Å². The van der Waals surface area contributed by atoms with Crippen molar-refractivity contribution in [3.05, 3.63) is 66.1 Å². The fourth-order valence-electron chi connectivity index (χ4n) is 2.42. The lowest BCUT2D eigenvalue weighted by atomic mass is 10.1. The Morgan fingerprint density at radius 1 is 1.21 bits per heavy atom. The second-order valence-electron chi connectivity index (χ2n) is 5.15. The number of methoxy groups -OCH3 is 1. The second-order valence-corrected chi connectivity index (χ2v) is 5.56. The summed E-state index contributed by atoms with van der Waals surface area (Å²) >= 11 is 5.32. The van der Waals surface area contributed by atoms with Crippen LogP contribution in [0.25, 0.3) is 10.9 Å². The molecule has 24 heavy (non-hydrogen) atoms. The largest absolute Gasteiger partial charge is 0.494 e. The van der Waals surface area contributed by atoms with Crippen molar-refractivity contribution in [2.75, 3.05) is 12.4 Å². The van der Waals surface area contributed by atoms with E-state index < -0.39 is 0 Å². The molecule has 0 spiro atoms. The van der Waals surface area contributed by atoms with Crippen LogP contribution in [0.3, 0.4) is 0 Å². The van der Waals surface area contributed by atoms with Gasteiger partial charge in [0, 0.05) is 23.8 Å². The lowest BCUT2D eigenvalue weighted by Gasteiger charge is -2.14. The van der Waals surface area contributed by atoms with Crippen molar-refractivity contribution >= 4 is 33.9 Å². The average molecular weight is 341 g/mol. The van der Waals surface area contributed by atoms with Gasteiger partial charge in [-0.2, -0.15) is 0 Å². The third kappa shape index (κ3) is 3.60. The summed E-state index contributed by atoms with van der Waals surface area (Å²) in [5.74, 6) is 0.440. The van der Waals surface area contributed by atoms with Gasteiger partial charge in [0.15, 0.2) is 5.11 Å². The van der Waals surface area contributed by atoms with E-state index in [1.54, 1.807) is 19.4 Å². The summed E-state index contributed by atoms with van der Waals surface area (Å²) in [5.41, 5.74) is 2.41. The summed E-state index contributed by atoms with van der Waals surface area (Å²) in [4.78, 5) is 4.35. The van der Waals surface area contributed by atoms with Gasteiger partial charge in [-0.1, -0.05) is 12.1 Å². The number of rotatable bonds is 4. The molecule has 6 heteroatoms. The van der Waals surface area contributed by atoms with Gasteiger partial charge in [0.2, 0.25) is 0 Å². The van der Waals surface area contributed by atoms with Gasteiger partial charge in [-0.3, -0.25) is 4.98 Å². The number of hydrogen-bond donors (Lipinski definition) is 2. The summed E-state index contributed by atoms with van der Waals surface area (Å²) in [6, 6.07) is 13.9. The molecule has 0 aliphatic heterocycles. The molecule has 1 aromatic heterocycles. The monoisotopic (exact) mass is 341 g/mol. The van der Waals surface area contributed by atoms with Crippen molar-refractivity contribution in [2.24, 2.45) is 0 Å². The van der Waals surface area contributed by atoms with Gasteiger partial charge in [0.25, 0.3) is 0 Å². The second kappa shape index (κ2) is 7.23. The average Bonchev–Trinajstić information content (AvgIpc) is 2.60. The number of halogens is 1. The van der Waals surface area contributed by atoms with E-state index >= 15 is 0 Å². The fourth-order valence-corrected chi connectivity index (χ4v) is 2.60. The first-order chi connectivity index (χ1) is 11.7. The van der Waals surface area contributed by atoms with Gasteiger partial charge in [-0.05, 0) is 54.2 Å². The molecule has 0 aliphatic carbocycles. The minimum atomic E-state index is -0.264. The van der Waals surface area contributed by atoms with Crippen LogP contribution in [0.15, 0.2) is 54.7 Å². The van der Waals surface area contributed by atoms with Crippen LogP contribution in [0.2, 0.25) is 0 Å². The molecule has 0 amide bonds. The van der Waals surface area contributed by atoms with E-state index in [1.807, 2.05) is 30.3 Å². The van der Waals surface area contributed by atoms with Gasteiger partial charge in [-0.15, -0.1) is 0 Å². The highest BCUT2D eigenvalue weighted by atomic mass is 32.1. The summed E-state index contributed by atoms with van der Waals surface area (Å²) < 4.78 is 18.5. The molecule has 0 fully saturated rings. The molecule has 0 aliphatic rings. The van der Waals surface area contributed by atoms with Crippen molar-refractivity contribution in [1.29, 1.82) is 0 Å². The molecule has 2 N–H and O–H groups in total. The Morgan fingerprint density at radius 2 is 2.08 bits per heavy atom. The van der Waals surface area contributed by atoms with Crippen LogP contribution in [-0.4, -0.2) is 17.2 Å². The number of aromatic nitrogens is 1. The molecule has 2 aromatic carbocycles. The standard InChI is InChI=1S/C18H16FN3OS/c1-23-16-8-7-15(14-6-3-9-20-17(14)16)22-18(24)21-11-12-4-2-5-13(19)10-12/h2-10H,11H2,1H3,(H2,21,22,24). The number of benzene rings is 2. The minimum absolute atomic E-state index is 0.264. The third-order valence-electron chi connectivity index (χ3n) is 3.54. The van der Waals surface area contributed by atoms with Gasteiger partial charge in [-0.25, -0.2) is 4.39 Å². The van der Waals surface area contributed by atoms with Crippen LogP contribution < -0.4 is 15.4 Å². The molecular formula is C18H16FN3OS. The fraction of sp³-hybridized carbons (Fsp3) is 0.111. The molecule has 3 rings (SSSR count). The maximum atomic E-state index is 13.2. The van der Waals surface area contributed by atoms with Crippen LogP contribution in [0.5, 0.6) is 5.75 Å². The number of nitrogens with one attached hydrogen (secondary N) is 2. The van der Waals surface area contributed by atoms with Gasteiger partial charge < -0.3 is 15.4 Å². The van der Waals surface area contributed by atoms with Crippen LogP contribution in [0, 0.1) is 5.82 Å². The first kappa shape index (κ1) is 16.1. The Hall–Kier alpha value is -2.73. The van der Waals surface area contributed by atoms with Crippen LogP contribution >= 0.6 is 12.2 Å². The van der Waals surface area contributed by atoms with E-state index in [-0.39, 0.29) is 5.82 Å². The van der Waals surface area contributed by atoms with E-state index in [2.05, 4.69) is 15.6 Å². The zero-order valence-corrected chi connectivity index (χ0v) is 13.9. The molecule has 0 saturated heterocycles. The Kier molecular flexibility index (Phi) is 4.86. The first-order valence-electron chi connectivity index (χ1n) is 7.38. The van der Waals surface area contributed by atoms with Crippen molar-refractivity contribution in [1.82, 2.24) is 10.3 Å². The molecule has 0 bridgehead atoms. The Labute approximate surface area is 144 Å². The lowest BCUT2D eigenvalue weighted by Crippen LogP contribution is -2.28. The Bertz CT molecular complexity index is 885. The number of nitrogens with zero attached hydrogens (tertiary/aromatic N) is 1. The molecule has 4 nitrogen and oxygen atoms in total. The Balaban J connectivity index is 1.74. The van der Waals surface area contributed by atoms with Crippen LogP contribution in [0.4, 0.5) is 10.1 Å². The molecule has 0 atom stereocenters. The maximum absolute atomic E-state index is 13.2. The van der Waals surface area contributed by atoms with Crippen LogP contribution in [0.1, 0.15) is 5.56 Å². The predicted octanol–water partition coefficient (Wildman–Crippen LogP) is 3.87. The van der Waals surface area contributed by atoms with Gasteiger partial charge in [0.05, 0.1) is 7.11 Å². The van der Waals surface area contributed by atoms with Gasteiger partial charge >= 0.3 is 0 Å². The number of fused-ring (bicyclic) bond motifs is 1. The molecule has 122 valence electrons. The zero-order chi connectivity index (χ0) is 16.9. The zero-order valence-electron chi connectivity index (χ0n) is 13.0. The maximum Gasteiger partial charge on any atom is 0.171 e. The topological polar surface area (TPSA) is 46.2 Å². The molecule has 1 heterocycles. The highest BCUT2D eigenvalue weighted by Gasteiger charge is 2.08. The summed E-state index contributed by atoms with van der Waals surface area (Å²) in [6.45, 7) is 0.440. The lowest BCUT2D eigenvalue weighted by molar-refractivity contribution is 0.419. The van der Waals surface area contributed by atoms with Crippen molar-refractivity contribution in [3.63, 3.8) is 0 Å². The summed E-state index contributed by atoms with van der Waals surface area (Å²) in [7, 11) is 1.61. The first-order valence-corrected chi connectivity index (χ1v) is 7.79. The smallest absolute Gasteiger partial charge is 0.171 e. The minimum Gasteiger partial charge on any atom is -0.494 e. The van der Waals surface area contributed by atoms with E-state index in [9.17, 15) is 4.39 Å². The Morgan fingerprint density at radius 3 is 2.88 bits per heavy atom. The number of pyridine rings is 1. The number of thiocarbonyl (C=S) groups is 1. The summed E-state index contributed by atoms with van der Waals surface area (Å²) in [5, 5.41) is 7.58. The van der Waals surface area contributed by atoms with Crippen molar-refractivity contribution < 1.29 is 9.13 Å². The molecular weight excluding hydrogens is 325 g/mol. The number of hydrogen-bond acceptors (Lipinski definition) is 3. The van der Waals surface area contributed by atoms with Gasteiger partial charge in [0.1, 0.15) is 17.1 Å². The third-order valence-corrected chi connectivity index (χ3v) is 3.79. The molecule has 3 aromatic rings. The number of anilines is 1. The molecule has 0 saturated carbocycles. The SMILES string of the molecule is COc1ccc(NC(=S)NCc2cccc(F)c2)c2cccnc12. The van der Waals surface area contributed by atoms with E-state index in [0.717, 1.165) is 22.2 Å². The number of ether oxygens (including phenoxy) is 1. The highest BCUT2D eigenvalue weighted by Crippen LogP contribution is 2.29. The molecule has 0 unspecified atom stereocenters. The van der Waals surface area contributed by atoms with Crippen molar-refractivity contribution in [3.8, 4) is 5.75 Å². The normalized spacial score (nSPS) is 10.4. The van der Waals surface area contributed by atoms with E-state index in [1.165, 1.54) is 12.1 Å². The van der Waals surface area contributed by atoms with Crippen molar-refractivity contribution in [2.45, 2.75) is 6.54 Å². The van der Waals surface area contributed by atoms with E-state index in [0.29, 0.717) is 17.4 Å². The predicted molar refractivity (Wildman–Crippen MR) is 97.8 cm³/mol. The van der Waals surface area contributed by atoms with E-state index in [4.69, 9.17) is 17.0 Å². The molecule has 0 radical (unpaired) electrons.